The van der Waals surface area contributed by atoms with E-state index in [2.05, 4.69) is 23.5 Å². The van der Waals surface area contributed by atoms with Crippen molar-refractivity contribution in [1.82, 2.24) is 5.32 Å². The molecule has 1 aliphatic carbocycles. The van der Waals surface area contributed by atoms with Crippen LogP contribution >= 0.6 is 0 Å². The van der Waals surface area contributed by atoms with Gasteiger partial charge in [-0.3, -0.25) is 4.79 Å². The van der Waals surface area contributed by atoms with Crippen molar-refractivity contribution in [3.63, 3.8) is 0 Å². The Hall–Kier alpha value is -2.13. The van der Waals surface area contributed by atoms with Gasteiger partial charge >= 0.3 is 0 Å². The summed E-state index contributed by atoms with van der Waals surface area (Å²) in [7, 11) is 0. The molecule has 0 fully saturated rings. The van der Waals surface area contributed by atoms with Crippen LogP contribution in [0.4, 0.5) is 0 Å². The van der Waals surface area contributed by atoms with Crippen molar-refractivity contribution in [1.29, 1.82) is 0 Å². The van der Waals surface area contributed by atoms with Gasteiger partial charge in [0.25, 0.3) is 0 Å². The third-order valence-corrected chi connectivity index (χ3v) is 4.61. The summed E-state index contributed by atoms with van der Waals surface area (Å²) in [5, 5.41) is 13.0. The Morgan fingerprint density at radius 3 is 2.70 bits per heavy atom. The highest BCUT2D eigenvalue weighted by molar-refractivity contribution is 5.77. The summed E-state index contributed by atoms with van der Waals surface area (Å²) < 4.78 is 0. The molecule has 0 saturated carbocycles. The van der Waals surface area contributed by atoms with Gasteiger partial charge in [-0.15, -0.1) is 0 Å². The van der Waals surface area contributed by atoms with Crippen molar-refractivity contribution in [3.05, 3.63) is 71.3 Å². The minimum atomic E-state index is -0.524. The van der Waals surface area contributed by atoms with Crippen LogP contribution in [0.25, 0.3) is 0 Å². The Bertz CT molecular complexity index is 654. The predicted octanol–water partition coefficient (Wildman–Crippen LogP) is 3.35. The Kier molecular flexibility index (Phi) is 5.09. The zero-order chi connectivity index (χ0) is 16.1. The molecule has 3 heteroatoms. The van der Waals surface area contributed by atoms with E-state index in [0.717, 1.165) is 18.4 Å². The van der Waals surface area contributed by atoms with Gasteiger partial charge in [-0.2, -0.15) is 0 Å². The summed E-state index contributed by atoms with van der Waals surface area (Å²) in [6.45, 7) is 0.503. The summed E-state index contributed by atoms with van der Waals surface area (Å²) >= 11 is 0. The highest BCUT2D eigenvalue weighted by Crippen LogP contribution is 2.35. The molecule has 2 unspecified atom stereocenters. The molecule has 0 heterocycles. The molecular weight excluding hydrogens is 286 g/mol. The number of hydrogen-bond acceptors (Lipinski definition) is 2. The molecule has 0 radical (unpaired) electrons. The van der Waals surface area contributed by atoms with Crippen LogP contribution < -0.4 is 5.32 Å². The highest BCUT2D eigenvalue weighted by atomic mass is 16.3. The van der Waals surface area contributed by atoms with Gasteiger partial charge in [-0.05, 0) is 41.9 Å². The van der Waals surface area contributed by atoms with E-state index in [1.807, 2.05) is 36.4 Å². The van der Waals surface area contributed by atoms with E-state index in [1.165, 1.54) is 11.1 Å². The third kappa shape index (κ3) is 3.99. The van der Waals surface area contributed by atoms with Gasteiger partial charge in [0.2, 0.25) is 5.91 Å². The van der Waals surface area contributed by atoms with Crippen molar-refractivity contribution in [3.8, 4) is 0 Å². The summed E-state index contributed by atoms with van der Waals surface area (Å²) in [5.41, 5.74) is 3.60. The second kappa shape index (κ2) is 7.42. The molecule has 0 aromatic heterocycles. The van der Waals surface area contributed by atoms with Crippen molar-refractivity contribution in [2.45, 2.75) is 37.7 Å². The van der Waals surface area contributed by atoms with E-state index in [9.17, 15) is 9.90 Å². The fourth-order valence-electron chi connectivity index (χ4n) is 3.34. The molecule has 2 atom stereocenters. The van der Waals surface area contributed by atoms with Crippen molar-refractivity contribution in [2.75, 3.05) is 6.54 Å². The zero-order valence-electron chi connectivity index (χ0n) is 13.2. The molecule has 3 nitrogen and oxygen atoms in total. The van der Waals surface area contributed by atoms with Gasteiger partial charge in [0.1, 0.15) is 0 Å². The van der Waals surface area contributed by atoms with Crippen molar-refractivity contribution >= 4 is 5.91 Å². The van der Waals surface area contributed by atoms with E-state index in [0.29, 0.717) is 25.3 Å². The van der Waals surface area contributed by atoms with E-state index < -0.39 is 6.10 Å². The summed E-state index contributed by atoms with van der Waals surface area (Å²) in [6, 6.07) is 18.0. The normalized spacial score (nSPS) is 17.5. The molecule has 0 spiro atoms. The molecule has 2 aromatic rings. The molecule has 0 aliphatic heterocycles. The quantitative estimate of drug-likeness (QED) is 0.860. The Morgan fingerprint density at radius 1 is 1.13 bits per heavy atom. The van der Waals surface area contributed by atoms with E-state index in [1.54, 1.807) is 0 Å². The van der Waals surface area contributed by atoms with Gasteiger partial charge < -0.3 is 10.4 Å². The number of nitrogens with one attached hydrogen (secondary N) is 1. The maximum atomic E-state index is 12.1. The monoisotopic (exact) mass is 309 g/mol. The fraction of sp³-hybridized carbons (Fsp3) is 0.350. The Labute approximate surface area is 137 Å². The molecule has 3 rings (SSSR count). The van der Waals surface area contributed by atoms with Crippen molar-refractivity contribution in [2.24, 2.45) is 0 Å². The van der Waals surface area contributed by atoms with Crippen LogP contribution in [0.15, 0.2) is 54.6 Å². The van der Waals surface area contributed by atoms with Gasteiger partial charge in [-0.25, -0.2) is 0 Å². The maximum absolute atomic E-state index is 12.1. The van der Waals surface area contributed by atoms with E-state index in [-0.39, 0.29) is 5.91 Å². The topological polar surface area (TPSA) is 49.3 Å². The number of rotatable bonds is 6. The third-order valence-electron chi connectivity index (χ3n) is 4.61. The van der Waals surface area contributed by atoms with Crippen LogP contribution in [0.3, 0.4) is 0 Å². The van der Waals surface area contributed by atoms with Crippen LogP contribution in [-0.4, -0.2) is 17.6 Å². The molecule has 0 saturated heterocycles. The Morgan fingerprint density at radius 2 is 1.87 bits per heavy atom. The fourth-order valence-corrected chi connectivity index (χ4v) is 3.34. The average Bonchev–Trinajstić information content (AvgIpc) is 2.99. The summed E-state index contributed by atoms with van der Waals surface area (Å²) in [5.74, 6) is 0.414. The lowest BCUT2D eigenvalue weighted by molar-refractivity contribution is -0.121. The van der Waals surface area contributed by atoms with Crippen LogP contribution in [-0.2, 0) is 11.2 Å². The number of aryl methyl sites for hydroxylation is 1. The van der Waals surface area contributed by atoms with E-state index in [4.69, 9.17) is 0 Å². The molecular formula is C20H23NO2. The molecule has 0 bridgehead atoms. The number of aliphatic hydroxyl groups is 1. The Balaban J connectivity index is 1.44. The van der Waals surface area contributed by atoms with Crippen LogP contribution in [0.1, 0.15) is 48.0 Å². The summed E-state index contributed by atoms with van der Waals surface area (Å²) in [6.07, 6.45) is 2.68. The largest absolute Gasteiger partial charge is 0.388 e. The van der Waals surface area contributed by atoms with Gasteiger partial charge in [-0.1, -0.05) is 54.6 Å². The number of aliphatic hydroxyl groups excluding tert-OH is 1. The van der Waals surface area contributed by atoms with E-state index >= 15 is 0 Å². The average molecular weight is 309 g/mol. The highest BCUT2D eigenvalue weighted by Gasteiger charge is 2.24. The maximum Gasteiger partial charge on any atom is 0.220 e. The van der Waals surface area contributed by atoms with Crippen molar-refractivity contribution < 1.29 is 9.90 Å². The van der Waals surface area contributed by atoms with Gasteiger partial charge in [0.15, 0.2) is 0 Å². The number of carbonyl (C=O) groups is 1. The SMILES string of the molecule is O=C(CC1CCc2ccccc21)NCCC(O)c1ccccc1. The lowest BCUT2D eigenvalue weighted by atomic mass is 9.97. The first-order valence-corrected chi connectivity index (χ1v) is 8.31. The second-order valence-corrected chi connectivity index (χ2v) is 6.20. The number of hydrogen-bond donors (Lipinski definition) is 2. The molecule has 2 aromatic carbocycles. The number of amides is 1. The predicted molar refractivity (Wildman–Crippen MR) is 91.1 cm³/mol. The van der Waals surface area contributed by atoms with Gasteiger partial charge in [0.05, 0.1) is 6.10 Å². The minimum Gasteiger partial charge on any atom is -0.388 e. The standard InChI is InChI=1S/C20H23NO2/c22-19(16-7-2-1-3-8-16)12-13-21-20(23)14-17-11-10-15-6-4-5-9-18(15)17/h1-9,17,19,22H,10-14H2,(H,21,23). The minimum absolute atomic E-state index is 0.0759. The molecule has 120 valence electrons. The lowest BCUT2D eigenvalue weighted by Gasteiger charge is -2.14. The molecule has 23 heavy (non-hydrogen) atoms. The van der Waals surface area contributed by atoms with Crippen LogP contribution in [0.5, 0.6) is 0 Å². The number of carbonyl (C=O) groups excluding carboxylic acids is 1. The summed E-state index contributed by atoms with van der Waals surface area (Å²) in [4.78, 5) is 12.1. The van der Waals surface area contributed by atoms with Gasteiger partial charge in [0, 0.05) is 13.0 Å². The first-order valence-electron chi connectivity index (χ1n) is 8.31. The smallest absolute Gasteiger partial charge is 0.220 e. The molecule has 1 amide bonds. The number of benzene rings is 2. The number of fused-ring (bicyclic) bond motifs is 1. The first kappa shape index (κ1) is 15.8. The first-order chi connectivity index (χ1) is 11.2. The molecule has 2 N–H and O–H groups in total. The van der Waals surface area contributed by atoms with Crippen LogP contribution in [0, 0.1) is 0 Å². The molecule has 1 aliphatic rings. The lowest BCUT2D eigenvalue weighted by Crippen LogP contribution is -2.26. The zero-order valence-corrected chi connectivity index (χ0v) is 13.2. The van der Waals surface area contributed by atoms with Crippen LogP contribution in [0.2, 0.25) is 0 Å². The second-order valence-electron chi connectivity index (χ2n) is 6.20.